The van der Waals surface area contributed by atoms with Gasteiger partial charge in [-0.15, -0.1) is 0 Å². The van der Waals surface area contributed by atoms with E-state index in [1.54, 1.807) is 0 Å². The van der Waals surface area contributed by atoms with Crippen LogP contribution in [-0.2, 0) is 0 Å². The monoisotopic (exact) mass is 416 g/mol. The average Bonchev–Trinajstić information content (AvgIpc) is 2.59. The van der Waals surface area contributed by atoms with Crippen LogP contribution >= 0.6 is 7.26 Å². The van der Waals surface area contributed by atoms with Crippen molar-refractivity contribution in [2.24, 2.45) is 0 Å². The summed E-state index contributed by atoms with van der Waals surface area (Å²) in [5, 5.41) is 4.47. The Morgan fingerprint density at radius 1 is 0.545 bits per heavy atom. The Morgan fingerprint density at radius 3 is 1.05 bits per heavy atom. The predicted molar refractivity (Wildman–Crippen MR) is 107 cm³/mol. The van der Waals surface area contributed by atoms with Crippen LogP contribution in [0, 0.1) is 0 Å². The zero-order chi connectivity index (χ0) is 14.5. The van der Waals surface area contributed by atoms with Gasteiger partial charge in [-0.25, -0.2) is 0 Å². The zero-order valence-electron chi connectivity index (χ0n) is 13.1. The first-order chi connectivity index (χ1) is 10.4. The first kappa shape index (κ1) is 17.3. The van der Waals surface area contributed by atoms with Crippen molar-refractivity contribution in [3.63, 3.8) is 0 Å². The molecule has 0 atom stereocenters. The molecule has 0 N–H and O–H groups in total. The van der Waals surface area contributed by atoms with Gasteiger partial charge in [0.2, 0.25) is 0 Å². The normalized spacial score (nSPS) is 11.5. The van der Waals surface area contributed by atoms with Gasteiger partial charge >= 0.3 is 152 Å². The van der Waals surface area contributed by atoms with Gasteiger partial charge in [0.15, 0.2) is 0 Å². The van der Waals surface area contributed by atoms with E-state index in [4.69, 9.17) is 0 Å². The third kappa shape index (κ3) is 3.15. The first-order valence-corrected chi connectivity index (χ1v) is 9.75. The van der Waals surface area contributed by atoms with Crippen molar-refractivity contribution >= 4 is 47.6 Å². The Hall–Kier alpha value is -1.09. The van der Waals surface area contributed by atoms with Crippen molar-refractivity contribution in [3.8, 4) is 0 Å². The van der Waals surface area contributed by atoms with Gasteiger partial charge in [-0.05, 0) is 0 Å². The summed E-state index contributed by atoms with van der Waals surface area (Å²) in [5.41, 5.74) is 0. The molecule has 0 bridgehead atoms. The predicted octanol–water partition coefficient (Wildman–Crippen LogP) is 2.55. The van der Waals surface area contributed by atoms with E-state index >= 15 is 0 Å². The Bertz CT molecular complexity index is 584. The second kappa shape index (κ2) is 7.96. The molecular weight excluding hydrogens is 393 g/mol. The fourth-order valence-electron chi connectivity index (χ4n) is 3.28. The number of rotatable bonds is 4. The van der Waals surface area contributed by atoms with Crippen molar-refractivity contribution in [2.45, 2.75) is 6.92 Å². The molecule has 3 rings (SSSR count). The molecule has 0 saturated carbocycles. The Balaban J connectivity index is 0.00000176. The number of hydrogen-bond donors (Lipinski definition) is 0. The fourth-order valence-corrected chi connectivity index (χ4v) is 7.79. The summed E-state index contributed by atoms with van der Waals surface area (Å²) >= 11 is 0. The molecule has 114 valence electrons. The summed E-state index contributed by atoms with van der Waals surface area (Å²) in [4.78, 5) is 0. The zero-order valence-corrected chi connectivity index (χ0v) is 18.1. The average molecular weight is 417 g/mol. The molecule has 22 heavy (non-hydrogen) atoms. The minimum absolute atomic E-state index is 0. The molecule has 0 amide bonds. The van der Waals surface area contributed by atoms with E-state index < -0.39 is 7.26 Å². The van der Waals surface area contributed by atoms with Gasteiger partial charge < -0.3 is 0 Å². The summed E-state index contributed by atoms with van der Waals surface area (Å²) in [6, 6.07) is 33.1. The third-order valence-corrected chi connectivity index (χ3v) is 9.35. The van der Waals surface area contributed by atoms with E-state index in [-0.39, 0.29) is 24.4 Å². The van der Waals surface area contributed by atoms with Crippen molar-refractivity contribution in [1.82, 2.24) is 0 Å². The molecule has 3 aromatic carbocycles. The van der Waals surface area contributed by atoms with Gasteiger partial charge in [0.05, 0.1) is 0 Å². The number of benzene rings is 3. The van der Waals surface area contributed by atoms with E-state index in [0.717, 1.165) is 0 Å². The van der Waals surface area contributed by atoms with Crippen LogP contribution in [0.15, 0.2) is 91.0 Å². The molecule has 0 unspecified atom stereocenters. The van der Waals surface area contributed by atoms with Gasteiger partial charge in [-0.1, -0.05) is 0 Å². The van der Waals surface area contributed by atoms with Crippen molar-refractivity contribution in [3.05, 3.63) is 91.0 Å². The van der Waals surface area contributed by atoms with E-state index in [1.807, 2.05) is 0 Å². The fraction of sp³-hybridized carbons (Fsp3) is 0.100. The SMILES string of the molecule is CC[PH](c1ccccc1)(c1ccccc1)c1ccccc1.[SbH3]. The Labute approximate surface area is 151 Å². The topological polar surface area (TPSA) is 0 Å². The first-order valence-electron chi connectivity index (χ1n) is 7.54. The molecule has 2 heteroatoms. The van der Waals surface area contributed by atoms with Gasteiger partial charge in [-0.3, -0.25) is 0 Å². The second-order valence-corrected chi connectivity index (χ2v) is 9.61. The molecule has 0 radical (unpaired) electrons. The van der Waals surface area contributed by atoms with E-state index in [2.05, 4.69) is 97.9 Å². The van der Waals surface area contributed by atoms with Gasteiger partial charge in [-0.2, -0.15) is 0 Å². The van der Waals surface area contributed by atoms with E-state index in [0.29, 0.717) is 0 Å². The van der Waals surface area contributed by atoms with Crippen LogP contribution in [0.25, 0.3) is 0 Å². The maximum atomic E-state index is 2.33. The van der Waals surface area contributed by atoms with Crippen LogP contribution in [0.2, 0.25) is 0 Å². The van der Waals surface area contributed by atoms with Crippen LogP contribution < -0.4 is 15.9 Å². The molecular formula is C20H24PSb. The van der Waals surface area contributed by atoms with Crippen molar-refractivity contribution in [1.29, 1.82) is 0 Å². The molecule has 0 spiro atoms. The third-order valence-electron chi connectivity index (χ3n) is 4.33. The van der Waals surface area contributed by atoms with Crippen molar-refractivity contribution in [2.75, 3.05) is 6.16 Å². The Kier molecular flexibility index (Phi) is 6.24. The van der Waals surface area contributed by atoms with E-state index in [9.17, 15) is 0 Å². The summed E-state index contributed by atoms with van der Waals surface area (Å²) in [6.45, 7) is 2.33. The van der Waals surface area contributed by atoms with Crippen molar-refractivity contribution < 1.29 is 0 Å². The molecule has 0 aromatic heterocycles. The molecule has 0 aliphatic carbocycles. The molecule has 3 aromatic rings. The molecule has 0 nitrogen and oxygen atoms in total. The van der Waals surface area contributed by atoms with Gasteiger partial charge in [0.1, 0.15) is 0 Å². The summed E-state index contributed by atoms with van der Waals surface area (Å²) in [5.74, 6) is 0. The molecule has 0 heterocycles. The van der Waals surface area contributed by atoms with Crippen LogP contribution in [0.3, 0.4) is 0 Å². The maximum absolute atomic E-state index is 2.33. The van der Waals surface area contributed by atoms with Crippen LogP contribution in [-0.4, -0.2) is 30.6 Å². The van der Waals surface area contributed by atoms with Crippen LogP contribution in [0.5, 0.6) is 0 Å². The molecule has 0 fully saturated rings. The molecule has 0 aliphatic heterocycles. The molecule has 0 saturated heterocycles. The van der Waals surface area contributed by atoms with Crippen LogP contribution in [0.4, 0.5) is 0 Å². The Morgan fingerprint density at radius 2 is 0.818 bits per heavy atom. The van der Waals surface area contributed by atoms with Gasteiger partial charge in [0.25, 0.3) is 0 Å². The second-order valence-electron chi connectivity index (χ2n) is 5.36. The van der Waals surface area contributed by atoms with Gasteiger partial charge in [0, 0.05) is 0 Å². The molecule has 0 aliphatic rings. The summed E-state index contributed by atoms with van der Waals surface area (Å²) in [7, 11) is -1.90. The van der Waals surface area contributed by atoms with E-state index in [1.165, 1.54) is 22.1 Å². The summed E-state index contributed by atoms with van der Waals surface area (Å²) in [6.07, 6.45) is 1.17. The summed E-state index contributed by atoms with van der Waals surface area (Å²) < 4.78 is 0. The minimum atomic E-state index is -1.90. The number of hydrogen-bond acceptors (Lipinski definition) is 0. The quantitative estimate of drug-likeness (QED) is 0.453. The van der Waals surface area contributed by atoms with Crippen LogP contribution in [0.1, 0.15) is 6.92 Å². The standard InChI is InChI=1S/C20H21P.Sb.3H/c1-2-21(18-12-6-3-7-13-18,19-14-8-4-9-15-19)20-16-10-5-11-17-20;;;;/h3-17,21H,2H2,1H3;;;;.